The summed E-state index contributed by atoms with van der Waals surface area (Å²) < 4.78 is 14.2. The molecule has 0 spiro atoms. The molecule has 1 saturated carbocycles. The molecule has 4 heteroatoms. The predicted octanol–water partition coefficient (Wildman–Crippen LogP) is 5.45. The summed E-state index contributed by atoms with van der Waals surface area (Å²) in [6, 6.07) is 4.80. The van der Waals surface area contributed by atoms with Crippen LogP contribution in [0.2, 0.25) is 0 Å². The molecule has 0 saturated heterocycles. The van der Waals surface area contributed by atoms with Crippen LogP contribution in [0.4, 0.5) is 9.52 Å². The Morgan fingerprint density at radius 1 is 1.33 bits per heavy atom. The highest BCUT2D eigenvalue weighted by atomic mass is 32.1. The SMILES string of the molecule is CC(C)CC1(CNc2nc3ccc(F)cc3s2)CCCC1. The van der Waals surface area contributed by atoms with E-state index >= 15 is 0 Å². The molecule has 0 radical (unpaired) electrons. The number of fused-ring (bicyclic) bond motifs is 1. The highest BCUT2D eigenvalue weighted by molar-refractivity contribution is 7.22. The summed E-state index contributed by atoms with van der Waals surface area (Å²) >= 11 is 1.55. The molecule has 1 aliphatic rings. The quantitative estimate of drug-likeness (QED) is 0.794. The van der Waals surface area contributed by atoms with Crippen LogP contribution in [0.5, 0.6) is 0 Å². The molecule has 2 aromatic rings. The third kappa shape index (κ3) is 3.37. The van der Waals surface area contributed by atoms with Gasteiger partial charge in [0.25, 0.3) is 0 Å². The summed E-state index contributed by atoms with van der Waals surface area (Å²) in [7, 11) is 0. The minimum absolute atomic E-state index is 0.190. The minimum atomic E-state index is -0.190. The van der Waals surface area contributed by atoms with E-state index in [9.17, 15) is 4.39 Å². The van der Waals surface area contributed by atoms with E-state index in [0.29, 0.717) is 5.41 Å². The van der Waals surface area contributed by atoms with Crippen LogP contribution < -0.4 is 5.32 Å². The molecule has 1 aliphatic carbocycles. The van der Waals surface area contributed by atoms with Gasteiger partial charge in [-0.05, 0) is 48.8 Å². The number of halogens is 1. The Morgan fingerprint density at radius 2 is 2.10 bits per heavy atom. The second kappa shape index (κ2) is 5.91. The van der Waals surface area contributed by atoms with Crippen LogP contribution in [-0.2, 0) is 0 Å². The Labute approximate surface area is 129 Å². The van der Waals surface area contributed by atoms with Crippen molar-refractivity contribution in [1.82, 2.24) is 4.98 Å². The monoisotopic (exact) mass is 306 g/mol. The van der Waals surface area contributed by atoms with E-state index in [-0.39, 0.29) is 5.82 Å². The van der Waals surface area contributed by atoms with Gasteiger partial charge in [0.15, 0.2) is 5.13 Å². The normalized spacial score (nSPS) is 17.7. The van der Waals surface area contributed by atoms with Crippen LogP contribution in [-0.4, -0.2) is 11.5 Å². The number of hydrogen-bond donors (Lipinski definition) is 1. The van der Waals surface area contributed by atoms with E-state index < -0.39 is 0 Å². The molecule has 21 heavy (non-hydrogen) atoms. The lowest BCUT2D eigenvalue weighted by Crippen LogP contribution is -2.28. The molecule has 2 nitrogen and oxygen atoms in total. The molecule has 1 aromatic carbocycles. The molecule has 1 aromatic heterocycles. The fourth-order valence-electron chi connectivity index (χ4n) is 3.68. The Morgan fingerprint density at radius 3 is 2.81 bits per heavy atom. The van der Waals surface area contributed by atoms with E-state index in [2.05, 4.69) is 24.1 Å². The van der Waals surface area contributed by atoms with Crippen molar-refractivity contribution in [1.29, 1.82) is 0 Å². The Balaban J connectivity index is 1.72. The Kier molecular flexibility index (Phi) is 4.16. The fraction of sp³-hybridized carbons (Fsp3) is 0.588. The molecule has 0 unspecified atom stereocenters. The second-order valence-corrected chi connectivity index (χ2v) is 7.82. The van der Waals surface area contributed by atoms with Gasteiger partial charge in [-0.3, -0.25) is 0 Å². The third-order valence-electron chi connectivity index (χ3n) is 4.47. The molecular formula is C17H23FN2S. The van der Waals surface area contributed by atoms with Crippen molar-refractivity contribution >= 4 is 26.7 Å². The first kappa shape index (κ1) is 14.8. The van der Waals surface area contributed by atoms with Gasteiger partial charge in [0.2, 0.25) is 0 Å². The average molecular weight is 306 g/mol. The Bertz CT molecular complexity index is 614. The van der Waals surface area contributed by atoms with Crippen molar-refractivity contribution in [2.45, 2.75) is 46.0 Å². The van der Waals surface area contributed by atoms with Gasteiger partial charge in [-0.15, -0.1) is 0 Å². The summed E-state index contributed by atoms with van der Waals surface area (Å²) in [5, 5.41) is 4.45. The molecule has 0 aliphatic heterocycles. The summed E-state index contributed by atoms with van der Waals surface area (Å²) in [4.78, 5) is 4.57. The van der Waals surface area contributed by atoms with Crippen LogP contribution in [0.3, 0.4) is 0 Å². The highest BCUT2D eigenvalue weighted by Gasteiger charge is 2.34. The largest absolute Gasteiger partial charge is 0.361 e. The number of nitrogens with zero attached hydrogens (tertiary/aromatic N) is 1. The van der Waals surface area contributed by atoms with Gasteiger partial charge in [0, 0.05) is 6.54 Å². The molecule has 3 rings (SSSR count). The van der Waals surface area contributed by atoms with E-state index in [1.807, 2.05) is 0 Å². The first-order chi connectivity index (χ1) is 10.1. The summed E-state index contributed by atoms with van der Waals surface area (Å²) in [5.41, 5.74) is 1.31. The number of benzene rings is 1. The van der Waals surface area contributed by atoms with Crippen molar-refractivity contribution in [2.75, 3.05) is 11.9 Å². The average Bonchev–Trinajstić information content (AvgIpc) is 3.02. The van der Waals surface area contributed by atoms with Gasteiger partial charge in [0.05, 0.1) is 10.2 Å². The van der Waals surface area contributed by atoms with E-state index in [1.54, 1.807) is 23.5 Å². The highest BCUT2D eigenvalue weighted by Crippen LogP contribution is 2.43. The number of hydrogen-bond acceptors (Lipinski definition) is 3. The summed E-state index contributed by atoms with van der Waals surface area (Å²) in [5.74, 6) is 0.541. The van der Waals surface area contributed by atoms with Crippen molar-refractivity contribution in [3.8, 4) is 0 Å². The Hall–Kier alpha value is -1.16. The lowest BCUT2D eigenvalue weighted by molar-refractivity contribution is 0.252. The zero-order valence-corrected chi connectivity index (χ0v) is 13.6. The number of thiazole rings is 1. The van der Waals surface area contributed by atoms with Crippen LogP contribution in [0.1, 0.15) is 46.0 Å². The van der Waals surface area contributed by atoms with Crippen molar-refractivity contribution in [2.24, 2.45) is 11.3 Å². The van der Waals surface area contributed by atoms with Gasteiger partial charge >= 0.3 is 0 Å². The van der Waals surface area contributed by atoms with E-state index in [1.165, 1.54) is 38.2 Å². The first-order valence-electron chi connectivity index (χ1n) is 7.86. The molecule has 114 valence electrons. The van der Waals surface area contributed by atoms with Crippen LogP contribution in [0.15, 0.2) is 18.2 Å². The third-order valence-corrected chi connectivity index (χ3v) is 5.45. The van der Waals surface area contributed by atoms with Gasteiger partial charge in [-0.1, -0.05) is 38.0 Å². The smallest absolute Gasteiger partial charge is 0.183 e. The molecule has 1 N–H and O–H groups in total. The van der Waals surface area contributed by atoms with Crippen molar-refractivity contribution in [3.63, 3.8) is 0 Å². The van der Waals surface area contributed by atoms with Gasteiger partial charge in [-0.25, -0.2) is 9.37 Å². The van der Waals surface area contributed by atoms with E-state index in [0.717, 1.165) is 27.8 Å². The molecule has 1 fully saturated rings. The van der Waals surface area contributed by atoms with Crippen LogP contribution in [0.25, 0.3) is 10.2 Å². The number of anilines is 1. The fourth-order valence-corrected chi connectivity index (χ4v) is 4.57. The topological polar surface area (TPSA) is 24.9 Å². The van der Waals surface area contributed by atoms with Gasteiger partial charge in [-0.2, -0.15) is 0 Å². The minimum Gasteiger partial charge on any atom is -0.361 e. The maximum atomic E-state index is 13.2. The van der Waals surface area contributed by atoms with Crippen LogP contribution in [0, 0.1) is 17.2 Å². The lowest BCUT2D eigenvalue weighted by Gasteiger charge is -2.31. The maximum absolute atomic E-state index is 13.2. The maximum Gasteiger partial charge on any atom is 0.183 e. The number of aromatic nitrogens is 1. The number of nitrogens with one attached hydrogen (secondary N) is 1. The van der Waals surface area contributed by atoms with Crippen LogP contribution >= 0.6 is 11.3 Å². The van der Waals surface area contributed by atoms with Crippen molar-refractivity contribution < 1.29 is 4.39 Å². The van der Waals surface area contributed by atoms with E-state index in [4.69, 9.17) is 0 Å². The molecule has 0 amide bonds. The lowest BCUT2D eigenvalue weighted by atomic mass is 9.78. The molecule has 0 bridgehead atoms. The zero-order chi connectivity index (χ0) is 14.9. The second-order valence-electron chi connectivity index (χ2n) is 6.79. The zero-order valence-electron chi connectivity index (χ0n) is 12.8. The van der Waals surface area contributed by atoms with Gasteiger partial charge < -0.3 is 5.32 Å². The predicted molar refractivity (Wildman–Crippen MR) is 88.4 cm³/mol. The van der Waals surface area contributed by atoms with Crippen molar-refractivity contribution in [3.05, 3.63) is 24.0 Å². The number of rotatable bonds is 5. The summed E-state index contributed by atoms with van der Waals surface area (Å²) in [6.45, 7) is 5.61. The molecule has 1 heterocycles. The molecular weight excluding hydrogens is 283 g/mol. The summed E-state index contributed by atoms with van der Waals surface area (Å²) in [6.07, 6.45) is 6.61. The standard InChI is InChI=1S/C17H23FN2S/c1-12(2)10-17(7-3-4-8-17)11-19-16-20-14-6-5-13(18)9-15(14)21-16/h5-6,9,12H,3-4,7-8,10-11H2,1-2H3,(H,19,20). The first-order valence-corrected chi connectivity index (χ1v) is 8.68. The van der Waals surface area contributed by atoms with Gasteiger partial charge in [0.1, 0.15) is 5.82 Å². The molecule has 0 atom stereocenters.